The molecule has 3 nitrogen and oxygen atoms in total. The summed E-state index contributed by atoms with van der Waals surface area (Å²) in [6.07, 6.45) is 7.46. The summed E-state index contributed by atoms with van der Waals surface area (Å²) in [4.78, 5) is 14.2. The molecule has 106 valence electrons. The highest BCUT2D eigenvalue weighted by Crippen LogP contribution is 2.28. The van der Waals surface area contributed by atoms with Gasteiger partial charge in [-0.25, -0.2) is 0 Å². The average Bonchev–Trinajstić information content (AvgIpc) is 2.56. The van der Waals surface area contributed by atoms with Crippen LogP contribution in [0.2, 0.25) is 0 Å². The molecule has 1 atom stereocenters. The minimum Gasteiger partial charge on any atom is -0.368 e. The number of rotatable bonds is 4. The van der Waals surface area contributed by atoms with Gasteiger partial charge in [0.15, 0.2) is 0 Å². The van der Waals surface area contributed by atoms with Gasteiger partial charge in [0.1, 0.15) is 6.04 Å². The number of hydrogen-bond donors (Lipinski definition) is 2. The Morgan fingerprint density at radius 3 is 2.42 bits per heavy atom. The number of thiophene rings is 1. The molecule has 4 heteroatoms. The summed E-state index contributed by atoms with van der Waals surface area (Å²) in [6.45, 7) is 4.14. The van der Waals surface area contributed by atoms with Crippen LogP contribution < -0.4 is 11.1 Å². The van der Waals surface area contributed by atoms with Crippen molar-refractivity contribution in [1.29, 1.82) is 0 Å². The highest BCUT2D eigenvalue weighted by molar-refractivity contribution is 7.12. The Morgan fingerprint density at radius 1 is 1.32 bits per heavy atom. The van der Waals surface area contributed by atoms with Gasteiger partial charge in [0, 0.05) is 15.8 Å². The SMILES string of the molecule is Cc1cc(C(NC2CCCCCC2)C(N)=O)c(C)s1. The fourth-order valence-corrected chi connectivity index (χ4v) is 3.91. The number of primary amides is 1. The normalized spacial score (nSPS) is 19.1. The zero-order valence-electron chi connectivity index (χ0n) is 11.9. The molecule has 1 amide bonds. The second-order valence-electron chi connectivity index (χ2n) is 5.56. The minimum atomic E-state index is -0.326. The van der Waals surface area contributed by atoms with Crippen molar-refractivity contribution in [1.82, 2.24) is 5.32 Å². The van der Waals surface area contributed by atoms with Crippen LogP contribution in [-0.4, -0.2) is 11.9 Å². The molecule has 1 aliphatic carbocycles. The van der Waals surface area contributed by atoms with E-state index in [4.69, 9.17) is 5.73 Å². The van der Waals surface area contributed by atoms with E-state index in [1.807, 2.05) is 0 Å². The molecule has 0 spiro atoms. The van der Waals surface area contributed by atoms with Crippen molar-refractivity contribution in [2.75, 3.05) is 0 Å². The number of carbonyl (C=O) groups excluding carboxylic acids is 1. The zero-order valence-corrected chi connectivity index (χ0v) is 12.7. The quantitative estimate of drug-likeness (QED) is 0.832. The number of nitrogens with two attached hydrogens (primary N) is 1. The van der Waals surface area contributed by atoms with Gasteiger partial charge in [0.05, 0.1) is 0 Å². The Kier molecular flexibility index (Phi) is 4.99. The molecule has 1 aliphatic rings. The first-order valence-corrected chi connectivity index (χ1v) is 8.02. The maximum absolute atomic E-state index is 11.8. The molecule has 3 N–H and O–H groups in total. The highest BCUT2D eigenvalue weighted by Gasteiger charge is 2.24. The van der Waals surface area contributed by atoms with Crippen LogP contribution in [0, 0.1) is 13.8 Å². The lowest BCUT2D eigenvalue weighted by Crippen LogP contribution is -2.40. The van der Waals surface area contributed by atoms with E-state index in [9.17, 15) is 4.79 Å². The zero-order chi connectivity index (χ0) is 13.8. The molecule has 1 aromatic heterocycles. The monoisotopic (exact) mass is 280 g/mol. The Balaban J connectivity index is 2.11. The van der Waals surface area contributed by atoms with Gasteiger partial charge in [-0.3, -0.25) is 10.1 Å². The number of amides is 1. The van der Waals surface area contributed by atoms with Crippen molar-refractivity contribution in [3.05, 3.63) is 21.4 Å². The van der Waals surface area contributed by atoms with E-state index in [-0.39, 0.29) is 11.9 Å². The van der Waals surface area contributed by atoms with Crippen molar-refractivity contribution >= 4 is 17.2 Å². The molecular formula is C15H24N2OS. The highest BCUT2D eigenvalue weighted by atomic mass is 32.1. The van der Waals surface area contributed by atoms with Gasteiger partial charge in [-0.1, -0.05) is 25.7 Å². The van der Waals surface area contributed by atoms with Gasteiger partial charge in [-0.2, -0.15) is 0 Å². The molecule has 1 unspecified atom stereocenters. The lowest BCUT2D eigenvalue weighted by atomic mass is 10.0. The van der Waals surface area contributed by atoms with Crippen molar-refractivity contribution in [2.45, 2.75) is 64.5 Å². The van der Waals surface area contributed by atoms with Crippen molar-refractivity contribution in [3.63, 3.8) is 0 Å². The summed E-state index contributed by atoms with van der Waals surface area (Å²) in [6, 6.07) is 2.20. The van der Waals surface area contributed by atoms with Crippen LogP contribution in [0.25, 0.3) is 0 Å². The van der Waals surface area contributed by atoms with Crippen LogP contribution >= 0.6 is 11.3 Å². The summed E-state index contributed by atoms with van der Waals surface area (Å²) in [5, 5.41) is 3.50. The molecule has 0 aliphatic heterocycles. The lowest BCUT2D eigenvalue weighted by Gasteiger charge is -2.23. The first kappa shape index (κ1) is 14.5. The van der Waals surface area contributed by atoms with Gasteiger partial charge in [0.2, 0.25) is 5.91 Å². The first-order chi connectivity index (χ1) is 9.08. The summed E-state index contributed by atoms with van der Waals surface area (Å²) in [5.41, 5.74) is 6.68. The maximum atomic E-state index is 11.8. The van der Waals surface area contributed by atoms with Gasteiger partial charge >= 0.3 is 0 Å². The fraction of sp³-hybridized carbons (Fsp3) is 0.667. The van der Waals surface area contributed by atoms with Crippen LogP contribution in [0.15, 0.2) is 6.07 Å². The van der Waals surface area contributed by atoms with E-state index < -0.39 is 0 Å². The van der Waals surface area contributed by atoms with Crippen LogP contribution in [-0.2, 0) is 4.79 Å². The van der Waals surface area contributed by atoms with E-state index in [1.54, 1.807) is 11.3 Å². The molecule has 0 saturated heterocycles. The molecule has 1 heterocycles. The van der Waals surface area contributed by atoms with Gasteiger partial charge in [-0.05, 0) is 38.3 Å². The van der Waals surface area contributed by atoms with Crippen LogP contribution in [0.4, 0.5) is 0 Å². The number of carbonyl (C=O) groups is 1. The van der Waals surface area contributed by atoms with E-state index in [2.05, 4.69) is 25.2 Å². The van der Waals surface area contributed by atoms with Gasteiger partial charge < -0.3 is 5.73 Å². The Morgan fingerprint density at radius 2 is 1.95 bits per heavy atom. The third-order valence-electron chi connectivity index (χ3n) is 3.93. The smallest absolute Gasteiger partial charge is 0.239 e. The Bertz CT molecular complexity index is 433. The number of hydrogen-bond acceptors (Lipinski definition) is 3. The van der Waals surface area contributed by atoms with Crippen LogP contribution in [0.1, 0.15) is 59.9 Å². The van der Waals surface area contributed by atoms with Crippen LogP contribution in [0.5, 0.6) is 0 Å². The van der Waals surface area contributed by atoms with Crippen molar-refractivity contribution in [2.24, 2.45) is 5.73 Å². The molecule has 1 saturated carbocycles. The van der Waals surface area contributed by atoms with E-state index in [1.165, 1.54) is 35.4 Å². The fourth-order valence-electron chi connectivity index (χ4n) is 2.94. The number of aryl methyl sites for hydroxylation is 2. The largest absolute Gasteiger partial charge is 0.368 e. The molecule has 0 aromatic carbocycles. The predicted octanol–water partition coefficient (Wildman–Crippen LogP) is 3.20. The van der Waals surface area contributed by atoms with E-state index >= 15 is 0 Å². The second-order valence-corrected chi connectivity index (χ2v) is 7.02. The topological polar surface area (TPSA) is 55.1 Å². The molecule has 0 radical (unpaired) electrons. The summed E-state index contributed by atoms with van der Waals surface area (Å²) < 4.78 is 0. The van der Waals surface area contributed by atoms with E-state index in [0.717, 1.165) is 18.4 Å². The summed E-state index contributed by atoms with van der Waals surface area (Å²) in [7, 11) is 0. The van der Waals surface area contributed by atoms with Gasteiger partial charge in [0.25, 0.3) is 0 Å². The third-order valence-corrected chi connectivity index (χ3v) is 4.91. The standard InChI is InChI=1S/C15H24N2OS/c1-10-9-13(11(2)19-10)14(15(16)18)17-12-7-5-3-4-6-8-12/h9,12,14,17H,3-8H2,1-2H3,(H2,16,18). The second kappa shape index (κ2) is 6.53. The van der Waals surface area contributed by atoms with Crippen molar-refractivity contribution in [3.8, 4) is 0 Å². The molecular weight excluding hydrogens is 256 g/mol. The first-order valence-electron chi connectivity index (χ1n) is 7.20. The minimum absolute atomic E-state index is 0.259. The maximum Gasteiger partial charge on any atom is 0.239 e. The summed E-state index contributed by atoms with van der Waals surface area (Å²) >= 11 is 1.73. The van der Waals surface area contributed by atoms with E-state index in [0.29, 0.717) is 6.04 Å². The molecule has 0 bridgehead atoms. The van der Waals surface area contributed by atoms with Gasteiger partial charge in [-0.15, -0.1) is 11.3 Å². The lowest BCUT2D eigenvalue weighted by molar-refractivity contribution is -0.120. The number of nitrogens with one attached hydrogen (secondary N) is 1. The van der Waals surface area contributed by atoms with Crippen LogP contribution in [0.3, 0.4) is 0 Å². The average molecular weight is 280 g/mol. The Hall–Kier alpha value is -0.870. The predicted molar refractivity (Wildman–Crippen MR) is 80.4 cm³/mol. The molecule has 1 fully saturated rings. The molecule has 19 heavy (non-hydrogen) atoms. The molecule has 2 rings (SSSR count). The summed E-state index contributed by atoms with van der Waals surface area (Å²) in [5.74, 6) is -0.259. The van der Waals surface area contributed by atoms with Crippen molar-refractivity contribution < 1.29 is 4.79 Å². The third kappa shape index (κ3) is 3.80. The molecule has 1 aromatic rings. The Labute approximate surface area is 119 Å².